The van der Waals surface area contributed by atoms with Crippen LogP contribution in [0.15, 0.2) is 146 Å². The van der Waals surface area contributed by atoms with E-state index in [9.17, 15) is 14.4 Å². The van der Waals surface area contributed by atoms with Crippen molar-refractivity contribution < 1.29 is 28.6 Å². The first-order valence-electron chi connectivity index (χ1n) is 32.3. The fraction of sp³-hybridized carbons (Fsp3) is 0.630. The minimum Gasteiger partial charge on any atom is -0.462 e. The third kappa shape index (κ3) is 64.0. The first kappa shape index (κ1) is 74.3. The van der Waals surface area contributed by atoms with E-state index < -0.39 is 6.10 Å². The van der Waals surface area contributed by atoms with E-state index in [1.807, 2.05) is 0 Å². The number of carbonyl (C=O) groups excluding carboxylic acids is 3. The second kappa shape index (κ2) is 65.8. The summed E-state index contributed by atoms with van der Waals surface area (Å²) in [4.78, 5) is 38.3. The monoisotopic (exact) mass is 1090 g/mol. The van der Waals surface area contributed by atoms with E-state index in [0.29, 0.717) is 19.3 Å². The van der Waals surface area contributed by atoms with Crippen molar-refractivity contribution in [3.8, 4) is 0 Å². The third-order valence-corrected chi connectivity index (χ3v) is 13.3. The Labute approximate surface area is 487 Å². The van der Waals surface area contributed by atoms with Crippen LogP contribution < -0.4 is 0 Å². The highest BCUT2D eigenvalue weighted by atomic mass is 16.6. The van der Waals surface area contributed by atoms with Crippen molar-refractivity contribution in [2.24, 2.45) is 0 Å². The third-order valence-electron chi connectivity index (χ3n) is 13.3. The van der Waals surface area contributed by atoms with Gasteiger partial charge in [-0.3, -0.25) is 14.4 Å². The zero-order chi connectivity index (χ0) is 57.1. The van der Waals surface area contributed by atoms with Crippen molar-refractivity contribution in [2.75, 3.05) is 13.2 Å². The maximum atomic E-state index is 12.9. The zero-order valence-electron chi connectivity index (χ0n) is 51.1. The van der Waals surface area contributed by atoms with E-state index >= 15 is 0 Å². The molecule has 6 heteroatoms. The summed E-state index contributed by atoms with van der Waals surface area (Å²) in [7, 11) is 0. The van der Waals surface area contributed by atoms with Crippen molar-refractivity contribution in [3.05, 3.63) is 146 Å². The van der Waals surface area contributed by atoms with Gasteiger partial charge in [0.1, 0.15) is 13.2 Å². The summed E-state index contributed by atoms with van der Waals surface area (Å²) in [6.45, 7) is 6.33. The molecule has 0 bridgehead atoms. The number of hydrogen-bond acceptors (Lipinski definition) is 6. The molecule has 6 nitrogen and oxygen atoms in total. The Morgan fingerprint density at radius 3 is 0.772 bits per heavy atom. The molecule has 0 heterocycles. The summed E-state index contributed by atoms with van der Waals surface area (Å²) < 4.78 is 16.9. The van der Waals surface area contributed by atoms with E-state index in [4.69, 9.17) is 14.2 Å². The quantitative estimate of drug-likeness (QED) is 0.0261. The molecule has 0 saturated carbocycles. The standard InChI is InChI=1S/C73H118O6/c1-4-7-10-13-16-19-22-25-27-29-31-33-34-35-36-37-38-40-41-43-45-48-51-54-57-60-63-66-72(75)78-69-70(68-77-71(74)65-62-59-56-53-50-47-24-21-18-15-12-9-6-3)79-73(76)67-64-61-58-55-52-49-46-44-42-39-32-30-28-26-23-20-17-14-11-8-5-2/h7-8,10-12,15-17,19-21,24-28,31-33,35-36,38-40,70H,4-6,9,13-14,18,22-23,29-30,34,37,41-69H2,1-3H3/b10-7-,11-8-,15-12-,19-16-,20-17-,24-21-,27-25-,28-26-,33-31-,36-35-,39-32-,40-38-. The minimum atomic E-state index is -0.799. The van der Waals surface area contributed by atoms with Gasteiger partial charge in [0, 0.05) is 19.3 Å². The molecule has 1 unspecified atom stereocenters. The van der Waals surface area contributed by atoms with Crippen molar-refractivity contribution in [1.82, 2.24) is 0 Å². The van der Waals surface area contributed by atoms with E-state index in [1.165, 1.54) is 70.6 Å². The molecule has 0 rings (SSSR count). The molecule has 0 spiro atoms. The molecule has 79 heavy (non-hydrogen) atoms. The van der Waals surface area contributed by atoms with Gasteiger partial charge in [-0.15, -0.1) is 0 Å². The molecule has 0 aliphatic carbocycles. The van der Waals surface area contributed by atoms with Gasteiger partial charge in [-0.1, -0.05) is 269 Å². The van der Waals surface area contributed by atoms with Gasteiger partial charge < -0.3 is 14.2 Å². The van der Waals surface area contributed by atoms with Crippen LogP contribution in [0.2, 0.25) is 0 Å². The zero-order valence-corrected chi connectivity index (χ0v) is 51.1. The van der Waals surface area contributed by atoms with Gasteiger partial charge in [0.15, 0.2) is 6.10 Å². The highest BCUT2D eigenvalue weighted by Crippen LogP contribution is 2.15. The average molecular weight is 1090 g/mol. The number of unbranched alkanes of at least 4 members (excludes halogenated alkanes) is 22. The van der Waals surface area contributed by atoms with E-state index in [0.717, 1.165) is 167 Å². The second-order valence-electron chi connectivity index (χ2n) is 20.9. The lowest BCUT2D eigenvalue weighted by Gasteiger charge is -2.18. The van der Waals surface area contributed by atoms with Gasteiger partial charge in [-0.05, 0) is 135 Å². The molecular formula is C73H118O6. The molecule has 0 fully saturated rings. The van der Waals surface area contributed by atoms with Crippen LogP contribution in [0.3, 0.4) is 0 Å². The van der Waals surface area contributed by atoms with Gasteiger partial charge in [0.2, 0.25) is 0 Å². The van der Waals surface area contributed by atoms with Gasteiger partial charge in [0.25, 0.3) is 0 Å². The Bertz CT molecular complexity index is 1730. The minimum absolute atomic E-state index is 0.0951. The molecule has 0 aliphatic heterocycles. The Morgan fingerprint density at radius 1 is 0.266 bits per heavy atom. The van der Waals surface area contributed by atoms with Crippen LogP contribution in [0, 0.1) is 0 Å². The molecule has 0 radical (unpaired) electrons. The molecule has 0 N–H and O–H groups in total. The van der Waals surface area contributed by atoms with E-state index in [2.05, 4.69) is 167 Å². The number of rotatable bonds is 57. The predicted octanol–water partition coefficient (Wildman–Crippen LogP) is 22.3. The van der Waals surface area contributed by atoms with Crippen molar-refractivity contribution >= 4 is 17.9 Å². The van der Waals surface area contributed by atoms with Crippen LogP contribution in [0.25, 0.3) is 0 Å². The first-order valence-corrected chi connectivity index (χ1v) is 32.3. The van der Waals surface area contributed by atoms with Crippen LogP contribution in [0.1, 0.15) is 278 Å². The molecule has 0 aromatic heterocycles. The maximum absolute atomic E-state index is 12.9. The normalized spacial score (nSPS) is 13.1. The highest BCUT2D eigenvalue weighted by molar-refractivity contribution is 5.71. The van der Waals surface area contributed by atoms with Crippen LogP contribution in [-0.4, -0.2) is 37.2 Å². The fourth-order valence-electron chi connectivity index (χ4n) is 8.53. The topological polar surface area (TPSA) is 78.9 Å². The molecule has 0 aliphatic rings. The first-order chi connectivity index (χ1) is 39.0. The van der Waals surface area contributed by atoms with Crippen LogP contribution >= 0.6 is 0 Å². The van der Waals surface area contributed by atoms with Crippen LogP contribution in [-0.2, 0) is 28.6 Å². The second-order valence-corrected chi connectivity index (χ2v) is 20.9. The van der Waals surface area contributed by atoms with Crippen molar-refractivity contribution in [2.45, 2.75) is 284 Å². The molecular weight excluding hydrogens is 973 g/mol. The van der Waals surface area contributed by atoms with E-state index in [1.54, 1.807) is 0 Å². The summed E-state index contributed by atoms with van der Waals surface area (Å²) in [5.41, 5.74) is 0. The Hall–Kier alpha value is -4.71. The predicted molar refractivity (Wildman–Crippen MR) is 343 cm³/mol. The summed E-state index contributed by atoms with van der Waals surface area (Å²) >= 11 is 0. The number of carbonyl (C=O) groups is 3. The van der Waals surface area contributed by atoms with Crippen LogP contribution in [0.5, 0.6) is 0 Å². The van der Waals surface area contributed by atoms with Gasteiger partial charge in [-0.25, -0.2) is 0 Å². The lowest BCUT2D eigenvalue weighted by atomic mass is 10.1. The number of allylic oxidation sites excluding steroid dienone is 24. The van der Waals surface area contributed by atoms with Gasteiger partial charge in [-0.2, -0.15) is 0 Å². The molecule has 0 amide bonds. The largest absolute Gasteiger partial charge is 0.462 e. The van der Waals surface area contributed by atoms with Gasteiger partial charge >= 0.3 is 17.9 Å². The SMILES string of the molecule is CC/C=C\C/C=C\C/C=C\C/C=C\C/C=C\C/C=C\CCCCCCCCCCC(=O)OCC(COC(=O)CCCCCCC/C=C\C/C=C\CCC)OC(=O)CCCCCCCCCC/C=C\C/C=C\C/C=C\C/C=C\CC. The molecule has 1 atom stereocenters. The molecule has 0 saturated heterocycles. The Kier molecular flexibility index (Phi) is 61.9. The fourth-order valence-corrected chi connectivity index (χ4v) is 8.53. The molecule has 0 aromatic carbocycles. The lowest BCUT2D eigenvalue weighted by Crippen LogP contribution is -2.30. The van der Waals surface area contributed by atoms with E-state index in [-0.39, 0.29) is 31.1 Å². The van der Waals surface area contributed by atoms with Crippen molar-refractivity contribution in [3.63, 3.8) is 0 Å². The van der Waals surface area contributed by atoms with Crippen LogP contribution in [0.4, 0.5) is 0 Å². The smallest absolute Gasteiger partial charge is 0.306 e. The summed E-state index contributed by atoms with van der Waals surface area (Å²) in [6.07, 6.45) is 94.2. The average Bonchev–Trinajstić information content (AvgIpc) is 3.45. The van der Waals surface area contributed by atoms with Crippen molar-refractivity contribution in [1.29, 1.82) is 0 Å². The van der Waals surface area contributed by atoms with Gasteiger partial charge in [0.05, 0.1) is 0 Å². The molecule has 446 valence electrons. The number of ether oxygens (including phenoxy) is 3. The molecule has 0 aromatic rings. The summed E-state index contributed by atoms with van der Waals surface area (Å²) in [6, 6.07) is 0. The summed E-state index contributed by atoms with van der Waals surface area (Å²) in [5, 5.41) is 0. The Balaban J connectivity index is 4.38. The Morgan fingerprint density at radius 2 is 0.494 bits per heavy atom. The maximum Gasteiger partial charge on any atom is 0.306 e. The lowest BCUT2D eigenvalue weighted by molar-refractivity contribution is -0.167. The summed E-state index contributed by atoms with van der Waals surface area (Å²) in [5.74, 6) is -0.925. The highest BCUT2D eigenvalue weighted by Gasteiger charge is 2.19. The number of esters is 3. The number of hydrogen-bond donors (Lipinski definition) is 0.